The molecule has 0 radical (unpaired) electrons. The highest BCUT2D eigenvalue weighted by atomic mass is 35.5. The van der Waals surface area contributed by atoms with Crippen LogP contribution in [0.2, 0.25) is 10.0 Å². The Kier molecular flexibility index (Phi) is 7.32. The maximum atomic E-state index is 13.3. The van der Waals surface area contributed by atoms with Crippen LogP contribution in [0.1, 0.15) is 34.9 Å². The van der Waals surface area contributed by atoms with E-state index in [2.05, 4.69) is 16.3 Å². The predicted octanol–water partition coefficient (Wildman–Crippen LogP) is 5.66. The van der Waals surface area contributed by atoms with Gasteiger partial charge >= 0.3 is 0 Å². The molecular formula is C27H27Cl2N3O2S. The Labute approximate surface area is 219 Å². The summed E-state index contributed by atoms with van der Waals surface area (Å²) < 4.78 is 0. The Hall–Kier alpha value is -2.54. The molecule has 5 rings (SSSR count). The fourth-order valence-corrected chi connectivity index (χ4v) is 6.21. The standard InChI is InChI=1S/C27H27Cl2N3O2S/c28-20-6-4-19(5-7-20)27-23-11-17-35-24(23)10-12-32(27)26(34)9-8-25(33)31-15-13-30(14-16-31)22-3-1-2-21(29)18-22/h1-7,11,17-18,27H,8-10,12-16H2. The van der Waals surface area contributed by atoms with Crippen molar-refractivity contribution in [3.05, 3.63) is 86.0 Å². The first-order valence-electron chi connectivity index (χ1n) is 11.9. The van der Waals surface area contributed by atoms with E-state index in [1.807, 2.05) is 58.3 Å². The first-order valence-corrected chi connectivity index (χ1v) is 13.5. The number of hydrogen-bond acceptors (Lipinski definition) is 4. The van der Waals surface area contributed by atoms with E-state index in [1.54, 1.807) is 11.3 Å². The molecule has 35 heavy (non-hydrogen) atoms. The second-order valence-electron chi connectivity index (χ2n) is 8.94. The second-order valence-corrected chi connectivity index (χ2v) is 10.8. The number of amides is 2. The molecule has 0 aliphatic carbocycles. The van der Waals surface area contributed by atoms with Gasteiger partial charge < -0.3 is 14.7 Å². The molecule has 2 aromatic carbocycles. The Bertz CT molecular complexity index is 1210. The molecule has 8 heteroatoms. The van der Waals surface area contributed by atoms with Crippen LogP contribution in [0.5, 0.6) is 0 Å². The van der Waals surface area contributed by atoms with Gasteiger partial charge in [0.1, 0.15) is 0 Å². The van der Waals surface area contributed by atoms with Crippen molar-refractivity contribution in [2.75, 3.05) is 37.6 Å². The van der Waals surface area contributed by atoms with E-state index < -0.39 is 0 Å². The molecule has 1 unspecified atom stereocenters. The minimum Gasteiger partial charge on any atom is -0.368 e. The number of halogens is 2. The van der Waals surface area contributed by atoms with Crippen molar-refractivity contribution < 1.29 is 9.59 Å². The molecule has 2 aliphatic rings. The quantitative estimate of drug-likeness (QED) is 0.430. The maximum absolute atomic E-state index is 13.3. The van der Waals surface area contributed by atoms with Crippen LogP contribution in [0, 0.1) is 0 Å². The van der Waals surface area contributed by atoms with Crippen LogP contribution in [0.4, 0.5) is 5.69 Å². The van der Waals surface area contributed by atoms with E-state index in [1.165, 1.54) is 10.4 Å². The lowest BCUT2D eigenvalue weighted by molar-refractivity contribution is -0.138. The van der Waals surface area contributed by atoms with Gasteiger partial charge in [-0.05, 0) is 59.3 Å². The van der Waals surface area contributed by atoms with Crippen molar-refractivity contribution in [2.24, 2.45) is 0 Å². The summed E-state index contributed by atoms with van der Waals surface area (Å²) in [5.74, 6) is 0.0630. The number of piperazine rings is 1. The second kappa shape index (κ2) is 10.6. The first-order chi connectivity index (χ1) is 17.0. The normalized spacial score (nSPS) is 17.9. The Morgan fingerprint density at radius 1 is 0.857 bits per heavy atom. The molecule has 3 heterocycles. The fraction of sp³-hybridized carbons (Fsp3) is 0.333. The Balaban J connectivity index is 1.20. The van der Waals surface area contributed by atoms with Crippen molar-refractivity contribution in [1.82, 2.24) is 9.80 Å². The van der Waals surface area contributed by atoms with Crippen molar-refractivity contribution in [1.29, 1.82) is 0 Å². The van der Waals surface area contributed by atoms with Crippen LogP contribution >= 0.6 is 34.5 Å². The van der Waals surface area contributed by atoms with Crippen LogP contribution in [0.15, 0.2) is 60.0 Å². The lowest BCUT2D eigenvalue weighted by atomic mass is 9.93. The average molecular weight is 529 g/mol. The van der Waals surface area contributed by atoms with Crippen LogP contribution < -0.4 is 4.90 Å². The molecule has 1 atom stereocenters. The van der Waals surface area contributed by atoms with Gasteiger partial charge in [0.05, 0.1) is 6.04 Å². The summed E-state index contributed by atoms with van der Waals surface area (Å²) in [5, 5.41) is 3.48. The summed E-state index contributed by atoms with van der Waals surface area (Å²) >= 11 is 14.0. The van der Waals surface area contributed by atoms with Crippen molar-refractivity contribution in [2.45, 2.75) is 25.3 Å². The maximum Gasteiger partial charge on any atom is 0.223 e. The van der Waals surface area contributed by atoms with Gasteiger partial charge in [0.15, 0.2) is 0 Å². The zero-order valence-electron chi connectivity index (χ0n) is 19.3. The minimum atomic E-state index is -0.133. The van der Waals surface area contributed by atoms with Crippen molar-refractivity contribution >= 4 is 52.0 Å². The zero-order chi connectivity index (χ0) is 24.4. The Morgan fingerprint density at radius 3 is 2.34 bits per heavy atom. The summed E-state index contributed by atoms with van der Waals surface area (Å²) in [6.07, 6.45) is 1.30. The highest BCUT2D eigenvalue weighted by Crippen LogP contribution is 2.38. The third-order valence-corrected chi connectivity index (χ3v) is 8.31. The van der Waals surface area contributed by atoms with E-state index in [9.17, 15) is 9.59 Å². The van der Waals surface area contributed by atoms with Crippen LogP contribution in [-0.4, -0.2) is 54.3 Å². The van der Waals surface area contributed by atoms with Gasteiger partial charge in [-0.1, -0.05) is 41.4 Å². The first kappa shape index (κ1) is 24.2. The largest absolute Gasteiger partial charge is 0.368 e. The number of carbonyl (C=O) groups excluding carboxylic acids is 2. The van der Waals surface area contributed by atoms with Gasteiger partial charge in [-0.3, -0.25) is 9.59 Å². The van der Waals surface area contributed by atoms with Gasteiger partial charge in [-0.25, -0.2) is 0 Å². The van der Waals surface area contributed by atoms with E-state index in [0.717, 1.165) is 30.8 Å². The number of nitrogens with zero attached hydrogens (tertiary/aromatic N) is 3. The van der Waals surface area contributed by atoms with Gasteiger partial charge in [0.25, 0.3) is 0 Å². The van der Waals surface area contributed by atoms with Crippen LogP contribution in [0.3, 0.4) is 0 Å². The number of benzene rings is 2. The summed E-state index contributed by atoms with van der Waals surface area (Å²) in [7, 11) is 0. The molecule has 0 N–H and O–H groups in total. The number of hydrogen-bond donors (Lipinski definition) is 0. The molecule has 2 amide bonds. The number of fused-ring (bicyclic) bond motifs is 1. The highest BCUT2D eigenvalue weighted by Gasteiger charge is 2.33. The third kappa shape index (κ3) is 5.35. The number of carbonyl (C=O) groups is 2. The number of thiophene rings is 1. The minimum absolute atomic E-state index is 0.0210. The SMILES string of the molecule is O=C(CCC(=O)N1CCc2sccc2C1c1ccc(Cl)cc1)N1CCN(c2cccc(Cl)c2)CC1. The molecule has 182 valence electrons. The van der Waals surface area contributed by atoms with Gasteiger partial charge in [0.2, 0.25) is 11.8 Å². The molecule has 0 bridgehead atoms. The van der Waals surface area contributed by atoms with Crippen molar-refractivity contribution in [3.63, 3.8) is 0 Å². The number of anilines is 1. The Morgan fingerprint density at radius 2 is 1.60 bits per heavy atom. The van der Waals surface area contributed by atoms with Gasteiger partial charge in [-0.2, -0.15) is 0 Å². The molecule has 3 aromatic rings. The van der Waals surface area contributed by atoms with E-state index in [-0.39, 0.29) is 30.7 Å². The van der Waals surface area contributed by atoms with E-state index in [4.69, 9.17) is 23.2 Å². The van der Waals surface area contributed by atoms with Crippen LogP contribution in [0.25, 0.3) is 0 Å². The summed E-state index contributed by atoms with van der Waals surface area (Å²) in [6, 6.07) is 17.5. The molecule has 2 aliphatic heterocycles. The summed E-state index contributed by atoms with van der Waals surface area (Å²) in [6.45, 7) is 3.47. The molecule has 0 spiro atoms. The van der Waals surface area contributed by atoms with Crippen molar-refractivity contribution in [3.8, 4) is 0 Å². The summed E-state index contributed by atoms with van der Waals surface area (Å²) in [4.78, 5) is 33.6. The molecule has 1 aromatic heterocycles. The lowest BCUT2D eigenvalue weighted by Gasteiger charge is -2.37. The molecule has 0 saturated carbocycles. The molecule has 1 saturated heterocycles. The average Bonchev–Trinajstić information content (AvgIpc) is 3.36. The van der Waals surface area contributed by atoms with E-state index in [0.29, 0.717) is 29.7 Å². The zero-order valence-corrected chi connectivity index (χ0v) is 21.7. The summed E-state index contributed by atoms with van der Waals surface area (Å²) in [5.41, 5.74) is 3.30. The number of rotatable bonds is 5. The molecular weight excluding hydrogens is 501 g/mol. The van der Waals surface area contributed by atoms with Gasteiger partial charge in [0, 0.05) is 66.2 Å². The molecule has 1 fully saturated rings. The van der Waals surface area contributed by atoms with Gasteiger partial charge in [-0.15, -0.1) is 11.3 Å². The topological polar surface area (TPSA) is 43.9 Å². The highest BCUT2D eigenvalue weighted by molar-refractivity contribution is 7.10. The van der Waals surface area contributed by atoms with E-state index >= 15 is 0 Å². The predicted molar refractivity (Wildman–Crippen MR) is 143 cm³/mol. The fourth-order valence-electron chi connectivity index (χ4n) is 4.99. The monoisotopic (exact) mass is 527 g/mol. The smallest absolute Gasteiger partial charge is 0.223 e. The lowest BCUT2D eigenvalue weighted by Crippen LogP contribution is -2.49. The van der Waals surface area contributed by atoms with Crippen LogP contribution in [-0.2, 0) is 16.0 Å². The molecule has 5 nitrogen and oxygen atoms in total. The third-order valence-electron chi connectivity index (χ3n) is 6.83.